The zero-order valence-corrected chi connectivity index (χ0v) is 21.4. The predicted molar refractivity (Wildman–Crippen MR) is 156 cm³/mol. The van der Waals surface area contributed by atoms with Gasteiger partial charge in [-0.1, -0.05) is 24.3 Å². The Balaban J connectivity index is 0.000000137. The molecule has 0 aliphatic rings. The molecule has 0 spiro atoms. The van der Waals surface area contributed by atoms with Gasteiger partial charge in [0.2, 0.25) is 0 Å². The fourth-order valence-corrected chi connectivity index (χ4v) is 5.11. The number of nitrogens with zero attached hydrogens (tertiary/aromatic N) is 4. The maximum absolute atomic E-state index is 12.3. The van der Waals surface area contributed by atoms with Gasteiger partial charge < -0.3 is 20.2 Å². The Bertz CT molecular complexity index is 2500. The van der Waals surface area contributed by atoms with E-state index in [4.69, 9.17) is 10.2 Å². The number of H-pyrrole nitrogens is 2. The number of aromatic amines is 2. The molecular weight excluding hydrogens is 540 g/mol. The summed E-state index contributed by atoms with van der Waals surface area (Å²) in [4.78, 5) is 61.1. The van der Waals surface area contributed by atoms with Gasteiger partial charge in [-0.15, -0.1) is 0 Å². The summed E-state index contributed by atoms with van der Waals surface area (Å²) in [7, 11) is 0. The smallest absolute Gasteiger partial charge is 0.335 e. The van der Waals surface area contributed by atoms with Crippen LogP contribution in [0.5, 0.6) is 0 Å². The number of fused-ring (bicyclic) bond motifs is 10. The Morgan fingerprint density at radius 1 is 0.595 bits per heavy atom. The van der Waals surface area contributed by atoms with Crippen molar-refractivity contribution in [1.29, 1.82) is 0 Å². The second-order valence-electron chi connectivity index (χ2n) is 9.51. The molecule has 12 heteroatoms. The molecule has 8 rings (SSSR count). The third-order valence-electron chi connectivity index (χ3n) is 7.03. The van der Waals surface area contributed by atoms with Crippen molar-refractivity contribution in [3.05, 3.63) is 117 Å². The van der Waals surface area contributed by atoms with Crippen molar-refractivity contribution in [3.63, 3.8) is 0 Å². The molecule has 0 aliphatic heterocycles. The third-order valence-corrected chi connectivity index (χ3v) is 7.03. The predicted octanol–water partition coefficient (Wildman–Crippen LogP) is 4.05. The van der Waals surface area contributed by atoms with Crippen LogP contribution in [-0.2, 0) is 0 Å². The summed E-state index contributed by atoms with van der Waals surface area (Å²) in [5.41, 5.74) is 4.20. The molecule has 0 saturated carbocycles. The van der Waals surface area contributed by atoms with Crippen molar-refractivity contribution in [1.82, 2.24) is 28.7 Å². The van der Waals surface area contributed by atoms with Gasteiger partial charge in [0.15, 0.2) is 11.3 Å². The van der Waals surface area contributed by atoms with Gasteiger partial charge in [-0.05, 0) is 60.7 Å². The van der Waals surface area contributed by atoms with Gasteiger partial charge in [0.25, 0.3) is 0 Å². The van der Waals surface area contributed by atoms with Gasteiger partial charge in [0, 0.05) is 10.8 Å². The van der Waals surface area contributed by atoms with Crippen LogP contribution in [0.1, 0.15) is 20.7 Å². The molecule has 0 aliphatic carbocycles. The van der Waals surface area contributed by atoms with Crippen LogP contribution in [0.15, 0.2) is 94.5 Å². The fourth-order valence-electron chi connectivity index (χ4n) is 5.11. The molecule has 204 valence electrons. The van der Waals surface area contributed by atoms with E-state index < -0.39 is 11.9 Å². The summed E-state index contributed by atoms with van der Waals surface area (Å²) in [5, 5.41) is 19.7. The van der Waals surface area contributed by atoms with Gasteiger partial charge in [-0.3, -0.25) is 0 Å². The number of carbonyl (C=O) groups is 2. The van der Waals surface area contributed by atoms with Gasteiger partial charge in [0.1, 0.15) is 0 Å². The number of rotatable bonds is 2. The molecule has 8 aromatic rings. The number of aromatic nitrogens is 6. The van der Waals surface area contributed by atoms with Gasteiger partial charge >= 0.3 is 23.3 Å². The van der Waals surface area contributed by atoms with Crippen LogP contribution in [0.2, 0.25) is 0 Å². The second-order valence-corrected chi connectivity index (χ2v) is 9.51. The van der Waals surface area contributed by atoms with Crippen molar-refractivity contribution in [2.75, 3.05) is 0 Å². The standard InChI is InChI=1S/2C15H9N3O3/c19-14(20)8-5-6-12-11(7-8)16-13-9-3-1-2-4-10(9)17-15(21)18(12)13;19-14(20)8-5-6-11-12(7-8)18-13(16-11)9-3-1-2-4-10(9)17-15(18)21/h2*1-7H,(H,17,21)(H,19,20). The van der Waals surface area contributed by atoms with Crippen molar-refractivity contribution < 1.29 is 19.8 Å². The molecule has 4 heterocycles. The highest BCUT2D eigenvalue weighted by atomic mass is 16.4. The number of hydrogen-bond donors (Lipinski definition) is 4. The van der Waals surface area contributed by atoms with Crippen molar-refractivity contribution in [3.8, 4) is 0 Å². The van der Waals surface area contributed by atoms with E-state index in [1.807, 2.05) is 36.4 Å². The normalized spacial score (nSPS) is 11.4. The fraction of sp³-hybridized carbons (Fsp3) is 0. The molecule has 0 bridgehead atoms. The monoisotopic (exact) mass is 558 g/mol. The van der Waals surface area contributed by atoms with Crippen LogP contribution in [0, 0.1) is 0 Å². The Morgan fingerprint density at radius 3 is 1.69 bits per heavy atom. The van der Waals surface area contributed by atoms with Crippen LogP contribution in [0.4, 0.5) is 0 Å². The van der Waals surface area contributed by atoms with Crippen molar-refractivity contribution >= 4 is 67.1 Å². The second kappa shape index (κ2) is 9.13. The summed E-state index contributed by atoms with van der Waals surface area (Å²) in [6.45, 7) is 0. The van der Waals surface area contributed by atoms with Gasteiger partial charge in [-0.2, -0.15) is 0 Å². The number of nitrogens with one attached hydrogen (secondary N) is 2. The Morgan fingerprint density at radius 2 is 1.10 bits per heavy atom. The highest BCUT2D eigenvalue weighted by Crippen LogP contribution is 2.23. The van der Waals surface area contributed by atoms with E-state index in [1.54, 1.807) is 24.3 Å². The minimum absolute atomic E-state index is 0.122. The molecule has 0 unspecified atom stereocenters. The average molecular weight is 559 g/mol. The van der Waals surface area contributed by atoms with Crippen molar-refractivity contribution in [2.24, 2.45) is 0 Å². The molecule has 0 fully saturated rings. The minimum Gasteiger partial charge on any atom is -0.478 e. The number of carboxylic acid groups (broad SMARTS) is 2. The first-order valence-electron chi connectivity index (χ1n) is 12.6. The average Bonchev–Trinajstić information content (AvgIpc) is 3.57. The van der Waals surface area contributed by atoms with E-state index in [-0.39, 0.29) is 22.5 Å². The van der Waals surface area contributed by atoms with E-state index in [1.165, 1.54) is 33.1 Å². The van der Waals surface area contributed by atoms with Crippen molar-refractivity contribution in [2.45, 2.75) is 0 Å². The maximum Gasteiger partial charge on any atom is 0.335 e. The first-order valence-corrected chi connectivity index (χ1v) is 12.6. The number of carboxylic acids is 2. The summed E-state index contributed by atoms with van der Waals surface area (Å²) in [6.07, 6.45) is 0. The first-order chi connectivity index (χ1) is 20.3. The summed E-state index contributed by atoms with van der Waals surface area (Å²) < 4.78 is 2.87. The third kappa shape index (κ3) is 3.78. The molecule has 0 radical (unpaired) electrons. The number of imidazole rings is 2. The van der Waals surface area contributed by atoms with E-state index in [9.17, 15) is 19.2 Å². The van der Waals surface area contributed by atoms with Crippen LogP contribution in [0.25, 0.3) is 55.2 Å². The van der Waals surface area contributed by atoms with E-state index in [2.05, 4.69) is 19.9 Å². The zero-order valence-electron chi connectivity index (χ0n) is 21.4. The molecule has 4 aromatic carbocycles. The summed E-state index contributed by atoms with van der Waals surface area (Å²) in [5.74, 6) is -2.06. The van der Waals surface area contributed by atoms with E-state index >= 15 is 0 Å². The molecule has 4 N–H and O–H groups in total. The lowest BCUT2D eigenvalue weighted by Crippen LogP contribution is -2.16. The van der Waals surface area contributed by atoms with Gasteiger partial charge in [-0.25, -0.2) is 37.9 Å². The lowest BCUT2D eigenvalue weighted by atomic mass is 10.2. The zero-order chi connectivity index (χ0) is 29.1. The van der Waals surface area contributed by atoms with Crippen LogP contribution < -0.4 is 11.4 Å². The number of benzene rings is 4. The molecular formula is C30H18N6O6. The lowest BCUT2D eigenvalue weighted by molar-refractivity contribution is 0.0686. The Labute approximate surface area is 232 Å². The highest BCUT2D eigenvalue weighted by molar-refractivity contribution is 5.99. The molecule has 42 heavy (non-hydrogen) atoms. The summed E-state index contributed by atoms with van der Waals surface area (Å²) >= 11 is 0. The summed E-state index contributed by atoms with van der Waals surface area (Å²) in [6, 6.07) is 23.8. The van der Waals surface area contributed by atoms with Gasteiger partial charge in [0.05, 0.1) is 44.2 Å². The molecule has 12 nitrogen and oxygen atoms in total. The topological polar surface area (TPSA) is 175 Å². The largest absolute Gasteiger partial charge is 0.478 e. The van der Waals surface area contributed by atoms with E-state index in [0.29, 0.717) is 44.4 Å². The number of aromatic carboxylic acids is 2. The highest BCUT2D eigenvalue weighted by Gasteiger charge is 2.14. The number of hydrogen-bond acceptors (Lipinski definition) is 6. The number of para-hydroxylation sites is 2. The van der Waals surface area contributed by atoms with Crippen LogP contribution >= 0.6 is 0 Å². The Hall–Kier alpha value is -6.30. The minimum atomic E-state index is -1.04. The molecule has 0 atom stereocenters. The quantitative estimate of drug-likeness (QED) is 0.246. The lowest BCUT2D eigenvalue weighted by Gasteiger charge is -2.00. The maximum atomic E-state index is 12.3. The Kier molecular flexibility index (Phi) is 5.37. The molecule has 4 aromatic heterocycles. The first kappa shape index (κ1) is 24.7. The molecule has 0 saturated heterocycles. The molecule has 0 amide bonds. The van der Waals surface area contributed by atoms with Crippen LogP contribution in [0.3, 0.4) is 0 Å². The van der Waals surface area contributed by atoms with E-state index in [0.717, 1.165) is 10.8 Å². The van der Waals surface area contributed by atoms with Crippen LogP contribution in [-0.4, -0.2) is 50.9 Å². The SMILES string of the molecule is O=C(O)c1ccc2c(c1)nc1c3ccccc3[nH]c(=O)n21.O=C(O)c1ccc2nc3c4ccccc4[nH]c(=O)n3c2c1.